The maximum Gasteiger partial charge on any atom is 0.417 e. The summed E-state index contributed by atoms with van der Waals surface area (Å²) in [5, 5.41) is 0. The Bertz CT molecular complexity index is 644. The van der Waals surface area contributed by atoms with Crippen molar-refractivity contribution >= 4 is 12.0 Å². The lowest BCUT2D eigenvalue weighted by Crippen LogP contribution is -2.32. The van der Waals surface area contributed by atoms with Crippen LogP contribution in [0.15, 0.2) is 54.1 Å². The van der Waals surface area contributed by atoms with E-state index in [2.05, 4.69) is 26.8 Å². The van der Waals surface area contributed by atoms with Gasteiger partial charge in [0, 0.05) is 0 Å². The smallest absolute Gasteiger partial charge is 0.417 e. The molecule has 0 radical (unpaired) electrons. The molecule has 0 spiro atoms. The van der Waals surface area contributed by atoms with Gasteiger partial charge in [0.25, 0.3) is 5.91 Å². The van der Waals surface area contributed by atoms with Gasteiger partial charge in [0.15, 0.2) is 0 Å². The average Bonchev–Trinajstić information content (AvgIpc) is 2.97. The van der Waals surface area contributed by atoms with E-state index in [0.29, 0.717) is 5.92 Å². The number of nitrogens with zero attached hydrogens (tertiary/aromatic N) is 1. The third-order valence-electron chi connectivity index (χ3n) is 4.31. The van der Waals surface area contributed by atoms with Crippen LogP contribution in [0.2, 0.25) is 0 Å². The highest BCUT2D eigenvalue weighted by atomic mass is 16.6. The van der Waals surface area contributed by atoms with Crippen LogP contribution in [0.25, 0.3) is 0 Å². The van der Waals surface area contributed by atoms with Crippen LogP contribution >= 0.6 is 0 Å². The summed E-state index contributed by atoms with van der Waals surface area (Å²) in [7, 11) is 0. The van der Waals surface area contributed by atoms with E-state index in [-0.39, 0.29) is 18.6 Å². The largest absolute Gasteiger partial charge is 0.446 e. The summed E-state index contributed by atoms with van der Waals surface area (Å²) in [5.74, 6) is 0.183. The number of ether oxygens (including phenoxy) is 1. The van der Waals surface area contributed by atoms with Gasteiger partial charge in [0.05, 0.1) is 0 Å². The Morgan fingerprint density at radius 2 is 2.04 bits per heavy atom. The van der Waals surface area contributed by atoms with E-state index in [4.69, 9.17) is 4.74 Å². The van der Waals surface area contributed by atoms with Gasteiger partial charge in [-0.05, 0) is 50.7 Å². The molecule has 1 aliphatic heterocycles. The molecule has 1 heterocycles. The van der Waals surface area contributed by atoms with E-state index < -0.39 is 6.09 Å². The highest BCUT2D eigenvalue weighted by molar-refractivity contribution is 5.99. The van der Waals surface area contributed by atoms with Crippen molar-refractivity contribution in [2.45, 2.75) is 46.1 Å². The fraction of sp³-hybridized carbons (Fsp3) is 0.429. The molecule has 1 fully saturated rings. The lowest BCUT2D eigenvalue weighted by atomic mass is 10.0. The minimum absolute atomic E-state index is 0.210. The third-order valence-corrected chi connectivity index (χ3v) is 4.31. The number of benzene rings is 1. The fourth-order valence-electron chi connectivity index (χ4n) is 2.84. The molecule has 0 unspecified atom stereocenters. The zero-order valence-corrected chi connectivity index (χ0v) is 15.3. The molecule has 2 atom stereocenters. The van der Waals surface area contributed by atoms with Gasteiger partial charge in [-0.25, -0.2) is 9.69 Å². The van der Waals surface area contributed by atoms with Crippen LogP contribution in [0.5, 0.6) is 0 Å². The van der Waals surface area contributed by atoms with Gasteiger partial charge in [-0.3, -0.25) is 4.79 Å². The first-order valence-corrected chi connectivity index (χ1v) is 8.84. The molecular weight excluding hydrogens is 314 g/mol. The third kappa shape index (κ3) is 5.59. The molecule has 2 amide bonds. The van der Waals surface area contributed by atoms with Gasteiger partial charge < -0.3 is 4.74 Å². The van der Waals surface area contributed by atoms with Crippen molar-refractivity contribution in [1.29, 1.82) is 0 Å². The molecule has 25 heavy (non-hydrogen) atoms. The van der Waals surface area contributed by atoms with Gasteiger partial charge in [0.1, 0.15) is 12.6 Å². The second kappa shape index (κ2) is 9.21. The summed E-state index contributed by atoms with van der Waals surface area (Å²) in [6.07, 6.45) is 7.99. The topological polar surface area (TPSA) is 46.6 Å². The number of carbonyl (C=O) groups excluding carboxylic acids is 2. The molecule has 1 aromatic rings. The van der Waals surface area contributed by atoms with E-state index in [1.165, 1.54) is 16.5 Å². The molecule has 1 saturated heterocycles. The number of allylic oxidation sites excluding steroid dienone is 3. The monoisotopic (exact) mass is 341 g/mol. The molecule has 1 aliphatic rings. The Kier molecular flexibility index (Phi) is 6.99. The molecule has 1 aromatic carbocycles. The minimum atomic E-state index is -0.569. The highest BCUT2D eigenvalue weighted by Crippen LogP contribution is 2.27. The number of carbonyl (C=O) groups is 2. The first-order chi connectivity index (χ1) is 12.0. The van der Waals surface area contributed by atoms with Crippen molar-refractivity contribution in [2.24, 2.45) is 5.92 Å². The Balaban J connectivity index is 1.92. The molecule has 4 heteroatoms. The van der Waals surface area contributed by atoms with Gasteiger partial charge >= 0.3 is 6.09 Å². The Morgan fingerprint density at radius 1 is 1.32 bits per heavy atom. The van der Waals surface area contributed by atoms with E-state index in [1.807, 2.05) is 36.4 Å². The van der Waals surface area contributed by atoms with Gasteiger partial charge in [-0.1, -0.05) is 55.0 Å². The fourth-order valence-corrected chi connectivity index (χ4v) is 2.84. The molecule has 0 aliphatic carbocycles. The van der Waals surface area contributed by atoms with Crippen LogP contribution in [0.1, 0.15) is 51.6 Å². The lowest BCUT2D eigenvalue weighted by molar-refractivity contribution is -0.124. The minimum Gasteiger partial charge on any atom is -0.446 e. The van der Waals surface area contributed by atoms with Crippen molar-refractivity contribution in [1.82, 2.24) is 4.90 Å². The Labute approximate surface area is 150 Å². The van der Waals surface area contributed by atoms with Crippen LogP contribution in [-0.4, -0.2) is 23.5 Å². The zero-order valence-electron chi connectivity index (χ0n) is 15.3. The zero-order chi connectivity index (χ0) is 18.2. The van der Waals surface area contributed by atoms with Crippen molar-refractivity contribution < 1.29 is 14.3 Å². The van der Waals surface area contributed by atoms with Gasteiger partial charge in [-0.15, -0.1) is 0 Å². The maximum atomic E-state index is 12.5. The van der Waals surface area contributed by atoms with Crippen molar-refractivity contribution in [3.63, 3.8) is 0 Å². The molecule has 0 N–H and O–H groups in total. The molecule has 0 aromatic heterocycles. The highest BCUT2D eigenvalue weighted by Gasteiger charge is 2.37. The maximum absolute atomic E-state index is 12.5. The molecular formula is C21H27NO3. The van der Waals surface area contributed by atoms with Crippen molar-refractivity contribution in [3.05, 3.63) is 59.7 Å². The molecule has 0 saturated carbocycles. The summed E-state index contributed by atoms with van der Waals surface area (Å²) in [6, 6.07) is 9.16. The van der Waals surface area contributed by atoms with E-state index >= 15 is 0 Å². The standard InChI is InChI=1S/C21H27NO3/c1-16(2)9-7-10-17(3)11-8-14-20(23)22-19(15-25-21(22)24)18-12-5-4-6-13-18/h4-6,8-9,12-14,17,19H,7,10-11,15H2,1-3H3/b14-8+/t17-,19-/m1/s1. The van der Waals surface area contributed by atoms with Crippen LogP contribution < -0.4 is 0 Å². The molecule has 134 valence electrons. The number of amides is 2. The SMILES string of the molecule is CC(C)=CCC[C@@H](C)C/C=C/C(=O)N1C(=O)OC[C@@H]1c1ccccc1. The first-order valence-electron chi connectivity index (χ1n) is 8.84. The number of imide groups is 1. The van der Waals surface area contributed by atoms with Gasteiger partial charge in [-0.2, -0.15) is 0 Å². The van der Waals surface area contributed by atoms with Crippen LogP contribution in [0.3, 0.4) is 0 Å². The number of cyclic esters (lactones) is 1. The Morgan fingerprint density at radius 3 is 2.72 bits per heavy atom. The summed E-state index contributed by atoms with van der Waals surface area (Å²) in [6.45, 7) is 6.58. The number of hydrogen-bond acceptors (Lipinski definition) is 3. The van der Waals surface area contributed by atoms with Crippen LogP contribution in [-0.2, 0) is 9.53 Å². The lowest BCUT2D eigenvalue weighted by Gasteiger charge is -2.18. The predicted molar refractivity (Wildman–Crippen MR) is 99.0 cm³/mol. The summed E-state index contributed by atoms with van der Waals surface area (Å²) >= 11 is 0. The van der Waals surface area contributed by atoms with E-state index in [9.17, 15) is 9.59 Å². The number of hydrogen-bond donors (Lipinski definition) is 0. The quantitative estimate of drug-likeness (QED) is 0.516. The predicted octanol–water partition coefficient (Wildman–Crippen LogP) is 5.04. The first kappa shape index (κ1) is 19.0. The summed E-state index contributed by atoms with van der Waals surface area (Å²) in [4.78, 5) is 25.6. The average molecular weight is 341 g/mol. The molecule has 4 nitrogen and oxygen atoms in total. The number of rotatable bonds is 7. The van der Waals surface area contributed by atoms with E-state index in [0.717, 1.165) is 24.8 Å². The second-order valence-corrected chi connectivity index (χ2v) is 6.81. The second-order valence-electron chi connectivity index (χ2n) is 6.81. The molecule has 2 rings (SSSR count). The Hall–Kier alpha value is -2.36. The van der Waals surface area contributed by atoms with Crippen LogP contribution in [0, 0.1) is 5.92 Å². The molecule has 0 bridgehead atoms. The van der Waals surface area contributed by atoms with E-state index in [1.54, 1.807) is 0 Å². The van der Waals surface area contributed by atoms with Crippen LogP contribution in [0.4, 0.5) is 4.79 Å². The summed E-state index contributed by atoms with van der Waals surface area (Å²) < 4.78 is 5.08. The summed E-state index contributed by atoms with van der Waals surface area (Å²) in [5.41, 5.74) is 2.24. The van der Waals surface area contributed by atoms with Crippen molar-refractivity contribution in [2.75, 3.05) is 6.61 Å². The van der Waals surface area contributed by atoms with Gasteiger partial charge in [0.2, 0.25) is 0 Å². The normalized spacial score (nSPS) is 18.3. The van der Waals surface area contributed by atoms with Crippen molar-refractivity contribution in [3.8, 4) is 0 Å².